The van der Waals surface area contributed by atoms with Crippen molar-refractivity contribution in [3.05, 3.63) is 40.3 Å². The molecule has 0 aliphatic heterocycles. The molecule has 0 spiro atoms. The van der Waals surface area contributed by atoms with Crippen LogP contribution in [-0.4, -0.2) is 23.3 Å². The zero-order valence-electron chi connectivity index (χ0n) is 8.61. The minimum absolute atomic E-state index is 0.753. The Kier molecular flexibility index (Phi) is 5.15. The van der Waals surface area contributed by atoms with Gasteiger partial charge in [-0.25, -0.2) is 0 Å². The first-order valence-corrected chi connectivity index (χ1v) is 6.06. The van der Waals surface area contributed by atoms with E-state index in [0.717, 1.165) is 14.9 Å². The van der Waals surface area contributed by atoms with Crippen molar-refractivity contribution in [3.63, 3.8) is 0 Å². The molecule has 0 bridgehead atoms. The third-order valence-electron chi connectivity index (χ3n) is 1.66. The summed E-state index contributed by atoms with van der Waals surface area (Å²) in [5.41, 5.74) is 1.12. The van der Waals surface area contributed by atoms with Crippen molar-refractivity contribution in [1.29, 1.82) is 0 Å². The summed E-state index contributed by atoms with van der Waals surface area (Å²) in [7, 11) is 3.87. The van der Waals surface area contributed by atoms with Crippen LogP contribution in [0.1, 0.15) is 5.56 Å². The maximum atomic E-state index is 5.78. The molecule has 0 atom stereocenters. The topological polar surface area (TPSA) is 3.24 Å². The van der Waals surface area contributed by atoms with Crippen molar-refractivity contribution in [1.82, 2.24) is 4.90 Å². The Morgan fingerprint density at radius 1 is 1.33 bits per heavy atom. The second kappa shape index (κ2) is 6.16. The average molecular weight is 258 g/mol. The fourth-order valence-corrected chi connectivity index (χ4v) is 1.70. The zero-order chi connectivity index (χ0) is 11.3. The summed E-state index contributed by atoms with van der Waals surface area (Å²) in [6.45, 7) is 0. The van der Waals surface area contributed by atoms with Gasteiger partial charge in [0.15, 0.2) is 0 Å². The Balaban J connectivity index is 2.51. The summed E-state index contributed by atoms with van der Waals surface area (Å²) in [5.74, 6) is 0. The first-order chi connectivity index (χ1) is 7.09. The highest BCUT2D eigenvalue weighted by Gasteiger charge is 1.95. The van der Waals surface area contributed by atoms with Crippen LogP contribution in [0.4, 0.5) is 0 Å². The van der Waals surface area contributed by atoms with E-state index in [2.05, 4.69) is 0 Å². The second-order valence-corrected chi connectivity index (χ2v) is 5.11. The van der Waals surface area contributed by atoms with Crippen molar-refractivity contribution in [2.45, 2.75) is 0 Å². The molecule has 0 saturated carbocycles. The lowest BCUT2D eigenvalue weighted by Gasteiger charge is -2.09. The number of thioether (sulfide) groups is 1. The van der Waals surface area contributed by atoms with Crippen molar-refractivity contribution in [3.8, 4) is 0 Å². The Morgan fingerprint density at radius 2 is 1.93 bits per heavy atom. The van der Waals surface area contributed by atoms with Gasteiger partial charge in [-0.1, -0.05) is 47.7 Å². The van der Waals surface area contributed by atoms with Gasteiger partial charge in [0.1, 0.15) is 4.32 Å². The number of hydrogen-bond acceptors (Lipinski definition) is 2. The maximum Gasteiger partial charge on any atom is 0.140 e. The molecule has 0 aromatic heterocycles. The van der Waals surface area contributed by atoms with E-state index in [1.807, 2.05) is 54.7 Å². The lowest BCUT2D eigenvalue weighted by atomic mass is 10.2. The molecule has 1 rings (SSSR count). The predicted octanol–water partition coefficient (Wildman–Crippen LogP) is 3.89. The van der Waals surface area contributed by atoms with Crippen LogP contribution in [0.15, 0.2) is 29.7 Å². The van der Waals surface area contributed by atoms with Gasteiger partial charge >= 0.3 is 0 Å². The first kappa shape index (κ1) is 12.6. The van der Waals surface area contributed by atoms with E-state index in [1.54, 1.807) is 0 Å². The monoisotopic (exact) mass is 257 g/mol. The molecular weight excluding hydrogens is 246 g/mol. The van der Waals surface area contributed by atoms with E-state index in [9.17, 15) is 0 Å². The molecule has 1 aromatic rings. The highest BCUT2D eigenvalue weighted by atomic mass is 35.5. The van der Waals surface area contributed by atoms with Crippen LogP contribution < -0.4 is 0 Å². The molecule has 80 valence electrons. The third-order valence-corrected chi connectivity index (χ3v) is 3.41. The molecule has 0 heterocycles. The average Bonchev–Trinajstić information content (AvgIpc) is 2.20. The van der Waals surface area contributed by atoms with Crippen LogP contribution in [0, 0.1) is 0 Å². The summed E-state index contributed by atoms with van der Waals surface area (Å²) < 4.78 is 0.847. The molecule has 4 heteroatoms. The zero-order valence-corrected chi connectivity index (χ0v) is 11.0. The SMILES string of the molecule is CN(C)C(=S)S/C=C\c1ccc(Cl)cc1. The van der Waals surface area contributed by atoms with E-state index in [1.165, 1.54) is 11.8 Å². The molecule has 0 amide bonds. The molecule has 15 heavy (non-hydrogen) atoms. The van der Waals surface area contributed by atoms with Crippen molar-refractivity contribution < 1.29 is 0 Å². The van der Waals surface area contributed by atoms with Crippen LogP contribution in [-0.2, 0) is 0 Å². The van der Waals surface area contributed by atoms with Crippen molar-refractivity contribution >= 4 is 46.0 Å². The summed E-state index contributed by atoms with van der Waals surface area (Å²) in [5, 5.41) is 2.73. The predicted molar refractivity (Wildman–Crippen MR) is 74.4 cm³/mol. The van der Waals surface area contributed by atoms with Crippen LogP contribution >= 0.6 is 35.6 Å². The van der Waals surface area contributed by atoms with Gasteiger partial charge in [0.2, 0.25) is 0 Å². The Hall–Kier alpha value is -0.510. The van der Waals surface area contributed by atoms with Crippen LogP contribution in [0.2, 0.25) is 5.02 Å². The Bertz CT molecular complexity index is 357. The number of halogens is 1. The highest BCUT2D eigenvalue weighted by Crippen LogP contribution is 2.14. The van der Waals surface area contributed by atoms with Crippen LogP contribution in [0.25, 0.3) is 6.08 Å². The van der Waals surface area contributed by atoms with Crippen molar-refractivity contribution in [2.75, 3.05) is 14.1 Å². The lowest BCUT2D eigenvalue weighted by molar-refractivity contribution is 0.648. The third kappa shape index (κ3) is 4.69. The quantitative estimate of drug-likeness (QED) is 0.740. The normalized spacial score (nSPS) is 10.6. The van der Waals surface area contributed by atoms with Gasteiger partial charge in [-0.15, -0.1) is 0 Å². The minimum Gasteiger partial charge on any atom is -0.363 e. The minimum atomic E-state index is 0.753. The van der Waals surface area contributed by atoms with E-state index < -0.39 is 0 Å². The molecule has 0 radical (unpaired) electrons. The van der Waals surface area contributed by atoms with Gasteiger partial charge in [0, 0.05) is 19.1 Å². The standard InChI is InChI=1S/C11H12ClNS2/c1-13(2)11(14)15-8-7-9-3-5-10(12)6-4-9/h3-8H,1-2H3/b8-7-. The van der Waals surface area contributed by atoms with Gasteiger partial charge in [-0.05, 0) is 29.2 Å². The molecule has 0 aliphatic rings. The molecule has 1 nitrogen and oxygen atoms in total. The number of thiocarbonyl (C=S) groups is 1. The number of hydrogen-bond donors (Lipinski definition) is 0. The number of nitrogens with zero attached hydrogens (tertiary/aromatic N) is 1. The molecule has 0 saturated heterocycles. The van der Waals surface area contributed by atoms with Gasteiger partial charge in [-0.3, -0.25) is 0 Å². The molecule has 1 aromatic carbocycles. The van der Waals surface area contributed by atoms with Gasteiger partial charge < -0.3 is 4.90 Å². The summed E-state index contributed by atoms with van der Waals surface area (Å²) in [6, 6.07) is 7.68. The fourth-order valence-electron chi connectivity index (χ4n) is 0.850. The first-order valence-electron chi connectivity index (χ1n) is 4.39. The summed E-state index contributed by atoms with van der Waals surface area (Å²) in [4.78, 5) is 1.91. The van der Waals surface area contributed by atoms with E-state index in [4.69, 9.17) is 23.8 Å². The molecule has 0 aliphatic carbocycles. The molecule has 0 unspecified atom stereocenters. The van der Waals surface area contributed by atoms with E-state index in [0.29, 0.717) is 0 Å². The Labute approximate surface area is 105 Å². The number of rotatable bonds is 2. The van der Waals surface area contributed by atoms with Gasteiger partial charge in [-0.2, -0.15) is 0 Å². The smallest absolute Gasteiger partial charge is 0.140 e. The second-order valence-electron chi connectivity index (χ2n) is 3.13. The maximum absolute atomic E-state index is 5.78. The van der Waals surface area contributed by atoms with Crippen LogP contribution in [0.5, 0.6) is 0 Å². The molecule has 0 N–H and O–H groups in total. The summed E-state index contributed by atoms with van der Waals surface area (Å²) in [6.07, 6.45) is 2.01. The van der Waals surface area contributed by atoms with E-state index in [-0.39, 0.29) is 0 Å². The highest BCUT2D eigenvalue weighted by molar-refractivity contribution is 8.24. The van der Waals surface area contributed by atoms with Crippen molar-refractivity contribution in [2.24, 2.45) is 0 Å². The summed E-state index contributed by atoms with van der Waals surface area (Å²) >= 11 is 12.4. The number of benzene rings is 1. The lowest BCUT2D eigenvalue weighted by Crippen LogP contribution is -2.14. The van der Waals surface area contributed by atoms with Gasteiger partial charge in [0.25, 0.3) is 0 Å². The Morgan fingerprint density at radius 3 is 2.47 bits per heavy atom. The fraction of sp³-hybridized carbons (Fsp3) is 0.182. The van der Waals surface area contributed by atoms with Gasteiger partial charge in [0.05, 0.1) is 0 Å². The largest absolute Gasteiger partial charge is 0.363 e. The molecular formula is C11H12ClNS2. The molecule has 0 fully saturated rings. The van der Waals surface area contributed by atoms with Crippen LogP contribution in [0.3, 0.4) is 0 Å². The van der Waals surface area contributed by atoms with E-state index >= 15 is 0 Å².